The van der Waals surface area contributed by atoms with E-state index in [0.29, 0.717) is 0 Å². The molecule has 0 saturated heterocycles. The average molecular weight is 937 g/mol. The molecule has 0 atom stereocenters. The first-order valence-electron chi connectivity index (χ1n) is 24.0. The average Bonchev–Trinajstić information content (AvgIpc) is 3.89. The van der Waals surface area contributed by atoms with Crippen molar-refractivity contribution in [2.24, 2.45) is 0 Å². The van der Waals surface area contributed by atoms with Crippen molar-refractivity contribution in [3.8, 4) is 39.1 Å². The van der Waals surface area contributed by atoms with Gasteiger partial charge in [-0.15, -0.1) is 0 Å². The fraction of sp³-hybridized carbons (Fsp3) is 0.121. The van der Waals surface area contributed by atoms with E-state index in [1.165, 1.54) is 134 Å². The molecule has 68 heavy (non-hydrogen) atoms. The summed E-state index contributed by atoms with van der Waals surface area (Å²) in [6, 6.07) is 76.0. The zero-order valence-electron chi connectivity index (χ0n) is 39.4. The summed E-state index contributed by atoms with van der Waals surface area (Å²) >= 11 is 0.0795. The van der Waals surface area contributed by atoms with Gasteiger partial charge in [-0.2, -0.15) is 0 Å². The molecule has 0 aliphatic rings. The summed E-state index contributed by atoms with van der Waals surface area (Å²) < 4.78 is 5.48. The molecule has 2 heterocycles. The number of hydrogen-bond donors (Lipinski definition) is 0. The summed E-state index contributed by atoms with van der Waals surface area (Å²) in [6.45, 7) is 13.9. The van der Waals surface area contributed by atoms with Gasteiger partial charge in [0, 0.05) is 0 Å². The molecular formula is C66H51NSe. The van der Waals surface area contributed by atoms with Gasteiger partial charge in [0.2, 0.25) is 0 Å². The van der Waals surface area contributed by atoms with Crippen molar-refractivity contribution in [2.75, 3.05) is 0 Å². The molecule has 0 radical (unpaired) electrons. The van der Waals surface area contributed by atoms with E-state index >= 15 is 0 Å². The van der Waals surface area contributed by atoms with E-state index in [-0.39, 0.29) is 25.3 Å². The Balaban J connectivity index is 1.06. The van der Waals surface area contributed by atoms with Gasteiger partial charge in [0.15, 0.2) is 0 Å². The van der Waals surface area contributed by atoms with Crippen molar-refractivity contribution in [1.82, 2.24) is 4.57 Å². The molecule has 11 aromatic carbocycles. The van der Waals surface area contributed by atoms with Crippen LogP contribution in [-0.4, -0.2) is 19.1 Å². The predicted octanol–water partition coefficient (Wildman–Crippen LogP) is 18.4. The van der Waals surface area contributed by atoms with Crippen LogP contribution in [0, 0.1) is 0 Å². The molecule has 0 unspecified atom stereocenters. The van der Waals surface area contributed by atoms with Crippen molar-refractivity contribution in [1.29, 1.82) is 0 Å². The van der Waals surface area contributed by atoms with E-state index in [2.05, 4.69) is 246 Å². The molecule has 0 N–H and O–H groups in total. The van der Waals surface area contributed by atoms with Gasteiger partial charge >= 0.3 is 364 Å². The number of benzene rings is 11. The van der Waals surface area contributed by atoms with Gasteiger partial charge in [-0.25, -0.2) is 0 Å². The number of aromatic nitrogens is 1. The summed E-state index contributed by atoms with van der Waals surface area (Å²) in [5.74, 6) is 0. The molecule has 2 aromatic heterocycles. The fourth-order valence-electron chi connectivity index (χ4n) is 11.3. The molecule has 0 spiro atoms. The molecule has 0 amide bonds. The van der Waals surface area contributed by atoms with Crippen molar-refractivity contribution < 1.29 is 0 Å². The molecule has 0 aliphatic heterocycles. The first-order valence-corrected chi connectivity index (χ1v) is 25.7. The zero-order valence-corrected chi connectivity index (χ0v) is 41.1. The van der Waals surface area contributed by atoms with E-state index in [1.54, 1.807) is 0 Å². The summed E-state index contributed by atoms with van der Waals surface area (Å²) in [7, 11) is 0. The van der Waals surface area contributed by atoms with Crippen LogP contribution in [0.4, 0.5) is 0 Å². The van der Waals surface area contributed by atoms with Crippen molar-refractivity contribution in [3.05, 3.63) is 211 Å². The van der Waals surface area contributed by atoms with Crippen LogP contribution in [0.15, 0.2) is 200 Å². The number of fused-ring (bicyclic) bond motifs is 10. The third kappa shape index (κ3) is 6.21. The topological polar surface area (TPSA) is 4.93 Å². The Morgan fingerprint density at radius 2 is 0.765 bits per heavy atom. The van der Waals surface area contributed by atoms with Gasteiger partial charge in [0.05, 0.1) is 0 Å². The first kappa shape index (κ1) is 41.0. The molecule has 13 aromatic rings. The van der Waals surface area contributed by atoms with Gasteiger partial charge in [-0.1, -0.05) is 41.5 Å². The van der Waals surface area contributed by atoms with E-state index in [0.717, 1.165) is 0 Å². The van der Waals surface area contributed by atoms with Gasteiger partial charge in [0.1, 0.15) is 0 Å². The van der Waals surface area contributed by atoms with Crippen LogP contribution in [0.2, 0.25) is 0 Å². The van der Waals surface area contributed by atoms with Crippen LogP contribution < -0.4 is 0 Å². The summed E-state index contributed by atoms with van der Waals surface area (Å²) in [4.78, 5) is 0. The predicted molar refractivity (Wildman–Crippen MR) is 296 cm³/mol. The van der Waals surface area contributed by atoms with Crippen LogP contribution in [0.25, 0.3) is 123 Å². The maximum atomic E-state index is 2.58. The third-order valence-corrected chi connectivity index (χ3v) is 17.2. The molecule has 13 rings (SSSR count). The van der Waals surface area contributed by atoms with Crippen LogP contribution in [0.5, 0.6) is 0 Å². The van der Waals surface area contributed by atoms with Crippen LogP contribution in [-0.2, 0) is 10.8 Å². The minimum absolute atomic E-state index is 0.0286. The van der Waals surface area contributed by atoms with Crippen molar-refractivity contribution >= 4 is 98.7 Å². The Bertz CT molecular complexity index is 4020. The van der Waals surface area contributed by atoms with Gasteiger partial charge in [0.25, 0.3) is 0 Å². The second-order valence-corrected chi connectivity index (χ2v) is 23.0. The number of nitrogens with zero attached hydrogens (tertiary/aromatic N) is 1. The first-order chi connectivity index (χ1) is 33.0. The Morgan fingerprint density at radius 1 is 0.324 bits per heavy atom. The van der Waals surface area contributed by atoms with Crippen LogP contribution >= 0.6 is 0 Å². The van der Waals surface area contributed by atoms with Gasteiger partial charge < -0.3 is 0 Å². The fourth-order valence-corrected chi connectivity index (χ4v) is 14.0. The third-order valence-electron chi connectivity index (χ3n) is 14.7. The van der Waals surface area contributed by atoms with E-state index in [9.17, 15) is 0 Å². The molecule has 0 aliphatic carbocycles. The summed E-state index contributed by atoms with van der Waals surface area (Å²) in [6.07, 6.45) is 0. The second-order valence-electron chi connectivity index (χ2n) is 20.8. The summed E-state index contributed by atoms with van der Waals surface area (Å²) in [5, 5.41) is 15.6. The monoisotopic (exact) mass is 937 g/mol. The van der Waals surface area contributed by atoms with E-state index in [1.807, 2.05) is 0 Å². The SMILES string of the molecule is CC(C)(C)c1ccc2c(c1)c1cc(C(C)(C)C)ccc1n2-c1c2ccccc2c(-c2cccc3c2[se]c2cc(-c4c5ccccc5c(-c5ccccc5)c5ccccc45)ccc23)c2ccccc12. The molecule has 0 bridgehead atoms. The van der Waals surface area contributed by atoms with Gasteiger partial charge in [-0.05, 0) is 0 Å². The van der Waals surface area contributed by atoms with E-state index in [4.69, 9.17) is 0 Å². The molecule has 1 nitrogen and oxygen atoms in total. The van der Waals surface area contributed by atoms with Crippen molar-refractivity contribution in [3.63, 3.8) is 0 Å². The van der Waals surface area contributed by atoms with Gasteiger partial charge in [-0.3, -0.25) is 0 Å². The van der Waals surface area contributed by atoms with E-state index < -0.39 is 0 Å². The standard InChI is InChI=1S/C66H51NSe/c1-65(2,3)42-32-35-57-55(38-42)56-39-43(66(4,5)6)33-36-58(56)67(57)63-51-27-16-14-25-49(51)62(50-26-15-17-28-52(50)63)54-30-18-29-53-44-34-31-41(37-59(44)68-64(53)54)61-47-23-12-10-21-45(47)60(40-19-8-7-9-20-40)46-22-11-13-24-48(46)61/h7-39H,1-6H3. The molecule has 2 heteroatoms. The Kier molecular flexibility index (Phi) is 9.13. The maximum absolute atomic E-state index is 2.58. The molecule has 0 saturated carbocycles. The molecule has 326 valence electrons. The number of rotatable bonds is 4. The molecule has 0 fully saturated rings. The summed E-state index contributed by atoms with van der Waals surface area (Å²) in [5.41, 5.74) is 14.3. The Hall–Kier alpha value is -7.22. The van der Waals surface area contributed by atoms with Crippen LogP contribution in [0.3, 0.4) is 0 Å². The normalized spacial score (nSPS) is 12.6. The second kappa shape index (κ2) is 15.1. The Morgan fingerprint density at radius 3 is 1.26 bits per heavy atom. The quantitative estimate of drug-likeness (QED) is 0.122. The minimum atomic E-state index is 0.0286. The molecular weight excluding hydrogens is 886 g/mol. The Labute approximate surface area is 403 Å². The number of hydrogen-bond acceptors (Lipinski definition) is 0. The van der Waals surface area contributed by atoms with Crippen molar-refractivity contribution in [2.45, 2.75) is 52.4 Å². The zero-order chi connectivity index (χ0) is 46.1. The van der Waals surface area contributed by atoms with Crippen LogP contribution in [0.1, 0.15) is 52.7 Å².